The maximum Gasteiger partial charge on any atom is 0.334 e. The lowest BCUT2D eigenvalue weighted by molar-refractivity contribution is -0.143. The Morgan fingerprint density at radius 1 is 1.47 bits per heavy atom. The highest BCUT2D eigenvalue weighted by Gasteiger charge is 2.54. The van der Waals surface area contributed by atoms with Gasteiger partial charge in [-0.05, 0) is 18.8 Å². The average molecular weight is 264 g/mol. The van der Waals surface area contributed by atoms with E-state index in [1.807, 2.05) is 13.0 Å². The zero-order valence-corrected chi connectivity index (χ0v) is 11.3. The van der Waals surface area contributed by atoms with Gasteiger partial charge in [-0.2, -0.15) is 0 Å². The summed E-state index contributed by atoms with van der Waals surface area (Å²) in [6, 6.07) is 0. The first-order valence-electron chi connectivity index (χ1n) is 6.82. The molecule has 2 aliphatic carbocycles. The van der Waals surface area contributed by atoms with Crippen molar-refractivity contribution in [3.63, 3.8) is 0 Å². The van der Waals surface area contributed by atoms with Crippen LogP contribution < -0.4 is 0 Å². The largest absolute Gasteiger partial charge is 0.458 e. The SMILES string of the molecule is C=C1C(=O)OC2CC3(C)C(=CC12)C(C)CC(O)C3O. The summed E-state index contributed by atoms with van der Waals surface area (Å²) < 4.78 is 5.33. The molecule has 4 nitrogen and oxygen atoms in total. The number of aliphatic hydroxyl groups is 2. The first-order valence-corrected chi connectivity index (χ1v) is 6.82. The molecule has 0 radical (unpaired) electrons. The third kappa shape index (κ3) is 1.63. The summed E-state index contributed by atoms with van der Waals surface area (Å²) >= 11 is 0. The fraction of sp³-hybridized carbons (Fsp3) is 0.667. The number of aliphatic hydroxyl groups excluding tert-OH is 2. The smallest absolute Gasteiger partial charge is 0.334 e. The summed E-state index contributed by atoms with van der Waals surface area (Å²) in [5, 5.41) is 20.3. The van der Waals surface area contributed by atoms with Crippen molar-refractivity contribution >= 4 is 5.97 Å². The molecule has 6 unspecified atom stereocenters. The fourth-order valence-corrected chi connectivity index (χ4v) is 4.00. The van der Waals surface area contributed by atoms with E-state index in [-0.39, 0.29) is 23.9 Å². The van der Waals surface area contributed by atoms with Crippen LogP contribution in [-0.2, 0) is 9.53 Å². The van der Waals surface area contributed by atoms with Gasteiger partial charge in [0.1, 0.15) is 6.10 Å². The van der Waals surface area contributed by atoms with E-state index in [9.17, 15) is 15.0 Å². The summed E-state index contributed by atoms with van der Waals surface area (Å²) in [4.78, 5) is 11.6. The molecule has 19 heavy (non-hydrogen) atoms. The molecule has 0 spiro atoms. The van der Waals surface area contributed by atoms with Crippen LogP contribution in [0.4, 0.5) is 0 Å². The summed E-state index contributed by atoms with van der Waals surface area (Å²) in [6.45, 7) is 7.82. The van der Waals surface area contributed by atoms with E-state index in [1.54, 1.807) is 0 Å². The Morgan fingerprint density at radius 3 is 2.84 bits per heavy atom. The highest BCUT2D eigenvalue weighted by molar-refractivity contribution is 5.91. The lowest BCUT2D eigenvalue weighted by Crippen LogP contribution is -2.52. The lowest BCUT2D eigenvalue weighted by Gasteiger charge is -2.50. The molecule has 2 N–H and O–H groups in total. The molecule has 1 heterocycles. The van der Waals surface area contributed by atoms with Gasteiger partial charge in [0.15, 0.2) is 0 Å². The van der Waals surface area contributed by atoms with Crippen molar-refractivity contribution in [1.82, 2.24) is 0 Å². The average Bonchev–Trinajstić information content (AvgIpc) is 2.60. The second kappa shape index (κ2) is 3.93. The molecule has 0 aromatic rings. The minimum atomic E-state index is -0.802. The molecule has 0 aromatic heterocycles. The van der Waals surface area contributed by atoms with Crippen LogP contribution in [0.25, 0.3) is 0 Å². The molecule has 3 rings (SSSR count). The summed E-state index contributed by atoms with van der Waals surface area (Å²) in [7, 11) is 0. The molecule has 104 valence electrons. The van der Waals surface area contributed by atoms with E-state index < -0.39 is 17.6 Å². The van der Waals surface area contributed by atoms with Crippen molar-refractivity contribution < 1.29 is 19.7 Å². The predicted octanol–water partition coefficient (Wildman–Crippen LogP) is 1.18. The standard InChI is InChI=1S/C15H20O4/c1-7-4-11(16)13(17)15(3)6-12-9(5-10(7)15)8(2)14(18)19-12/h5,7,9,11-13,16-17H,2,4,6H2,1,3H3. The van der Waals surface area contributed by atoms with E-state index >= 15 is 0 Å². The van der Waals surface area contributed by atoms with Gasteiger partial charge in [0.25, 0.3) is 0 Å². The molecular formula is C15H20O4. The third-order valence-corrected chi connectivity index (χ3v) is 5.11. The van der Waals surface area contributed by atoms with Crippen molar-refractivity contribution in [1.29, 1.82) is 0 Å². The number of fused-ring (bicyclic) bond motifs is 2. The Bertz CT molecular complexity index is 481. The number of ether oxygens (including phenoxy) is 1. The van der Waals surface area contributed by atoms with Crippen LogP contribution in [0.3, 0.4) is 0 Å². The molecule has 0 aromatic carbocycles. The molecule has 3 aliphatic rings. The Labute approximate surface area is 112 Å². The zero-order chi connectivity index (χ0) is 13.9. The van der Waals surface area contributed by atoms with Crippen molar-refractivity contribution in [2.45, 2.75) is 45.0 Å². The second-order valence-corrected chi connectivity index (χ2v) is 6.39. The van der Waals surface area contributed by atoms with Gasteiger partial charge in [0, 0.05) is 16.9 Å². The molecule has 0 amide bonds. The highest BCUT2D eigenvalue weighted by atomic mass is 16.6. The van der Waals surface area contributed by atoms with Crippen LogP contribution in [0.5, 0.6) is 0 Å². The molecule has 4 heteroatoms. The third-order valence-electron chi connectivity index (χ3n) is 5.11. The number of hydrogen-bond donors (Lipinski definition) is 2. The van der Waals surface area contributed by atoms with Crippen LogP contribution in [0.2, 0.25) is 0 Å². The van der Waals surface area contributed by atoms with Crippen LogP contribution in [-0.4, -0.2) is 34.5 Å². The molecule has 1 aliphatic heterocycles. The van der Waals surface area contributed by atoms with E-state index in [4.69, 9.17) is 4.74 Å². The number of rotatable bonds is 0. The van der Waals surface area contributed by atoms with E-state index in [1.165, 1.54) is 0 Å². The predicted molar refractivity (Wildman–Crippen MR) is 69.1 cm³/mol. The minimum Gasteiger partial charge on any atom is -0.458 e. The number of carbonyl (C=O) groups excluding carboxylic acids is 1. The lowest BCUT2D eigenvalue weighted by atomic mass is 9.58. The summed E-state index contributed by atoms with van der Waals surface area (Å²) in [6.07, 6.45) is 1.39. The maximum absolute atomic E-state index is 11.6. The molecule has 6 atom stereocenters. The number of hydrogen-bond acceptors (Lipinski definition) is 4. The molecular weight excluding hydrogens is 244 g/mol. The van der Waals surface area contributed by atoms with Crippen molar-refractivity contribution in [3.05, 3.63) is 23.8 Å². The molecule has 0 bridgehead atoms. The van der Waals surface area contributed by atoms with Gasteiger partial charge in [-0.15, -0.1) is 0 Å². The Kier molecular flexibility index (Phi) is 2.67. The van der Waals surface area contributed by atoms with Gasteiger partial charge in [0.2, 0.25) is 0 Å². The van der Waals surface area contributed by atoms with Crippen LogP contribution in [0, 0.1) is 17.3 Å². The van der Waals surface area contributed by atoms with E-state index in [0.29, 0.717) is 18.4 Å². The van der Waals surface area contributed by atoms with Gasteiger partial charge in [-0.3, -0.25) is 0 Å². The minimum absolute atomic E-state index is 0.0690. The summed E-state index contributed by atoms with van der Waals surface area (Å²) in [5.41, 5.74) is 1.13. The van der Waals surface area contributed by atoms with Crippen LogP contribution >= 0.6 is 0 Å². The van der Waals surface area contributed by atoms with Gasteiger partial charge >= 0.3 is 5.97 Å². The quantitative estimate of drug-likeness (QED) is 0.392. The Balaban J connectivity index is 2.04. The summed E-state index contributed by atoms with van der Waals surface area (Å²) in [5.74, 6) is -0.204. The Hall–Kier alpha value is -1.13. The van der Waals surface area contributed by atoms with Crippen molar-refractivity contribution in [2.24, 2.45) is 17.3 Å². The number of esters is 1. The highest BCUT2D eigenvalue weighted by Crippen LogP contribution is 2.53. The number of carbonyl (C=O) groups is 1. The topological polar surface area (TPSA) is 66.8 Å². The van der Waals surface area contributed by atoms with Gasteiger partial charge in [-0.1, -0.05) is 32.1 Å². The normalized spacial score (nSPS) is 49.3. The first kappa shape index (κ1) is 12.9. The Morgan fingerprint density at radius 2 is 2.16 bits per heavy atom. The zero-order valence-electron chi connectivity index (χ0n) is 11.3. The van der Waals surface area contributed by atoms with Crippen molar-refractivity contribution in [2.75, 3.05) is 0 Å². The second-order valence-electron chi connectivity index (χ2n) is 6.39. The molecule has 1 saturated carbocycles. The first-order chi connectivity index (χ1) is 8.84. The van der Waals surface area contributed by atoms with Crippen molar-refractivity contribution in [3.8, 4) is 0 Å². The van der Waals surface area contributed by atoms with Crippen LogP contribution in [0.15, 0.2) is 23.8 Å². The van der Waals surface area contributed by atoms with E-state index in [2.05, 4.69) is 13.5 Å². The fourth-order valence-electron chi connectivity index (χ4n) is 4.00. The molecule has 2 fully saturated rings. The van der Waals surface area contributed by atoms with Gasteiger partial charge in [-0.25, -0.2) is 4.79 Å². The van der Waals surface area contributed by atoms with Gasteiger partial charge in [0.05, 0.1) is 12.2 Å². The van der Waals surface area contributed by atoms with Crippen LogP contribution in [0.1, 0.15) is 26.7 Å². The monoisotopic (exact) mass is 264 g/mol. The molecule has 1 saturated heterocycles. The maximum atomic E-state index is 11.6. The van der Waals surface area contributed by atoms with Gasteiger partial charge < -0.3 is 14.9 Å². The van der Waals surface area contributed by atoms with E-state index in [0.717, 1.165) is 5.57 Å².